The van der Waals surface area contributed by atoms with E-state index in [9.17, 15) is 23.5 Å². The Morgan fingerprint density at radius 1 is 0.759 bits per heavy atom. The van der Waals surface area contributed by atoms with Crippen LogP contribution in [0.2, 0.25) is 0 Å². The first kappa shape index (κ1) is 40.8. The molecule has 10 nitrogen and oxygen atoms in total. The lowest BCUT2D eigenvalue weighted by Gasteiger charge is -2.43. The number of aryl methyl sites for hydroxylation is 1. The zero-order valence-electron chi connectivity index (χ0n) is 31.9. The summed E-state index contributed by atoms with van der Waals surface area (Å²) in [4.78, 5) is 13.7. The Morgan fingerprint density at radius 2 is 1.40 bits per heavy atom. The van der Waals surface area contributed by atoms with Gasteiger partial charge in [0.05, 0.1) is 23.7 Å². The van der Waals surface area contributed by atoms with Crippen molar-refractivity contribution in [1.29, 1.82) is 0 Å². The van der Waals surface area contributed by atoms with Crippen LogP contribution in [0.1, 0.15) is 57.3 Å². The molecule has 3 N–H and O–H groups in total. The van der Waals surface area contributed by atoms with E-state index in [0.29, 0.717) is 10.8 Å². The second kappa shape index (κ2) is 18.9. The average Bonchev–Trinajstić information content (AvgIpc) is 3.25. The smallest absolute Gasteiger partial charge is 0.251 e. The lowest BCUT2D eigenvalue weighted by Crippen LogP contribution is -2.47. The molecule has 1 amide bonds. The first-order chi connectivity index (χ1) is 28.2. The van der Waals surface area contributed by atoms with E-state index in [0.717, 1.165) is 43.7 Å². The van der Waals surface area contributed by atoms with E-state index >= 15 is 0 Å². The zero-order valence-corrected chi connectivity index (χ0v) is 33.5. The molecule has 298 valence electrons. The number of rotatable bonds is 15. The number of benzene rings is 5. The first-order valence-corrected chi connectivity index (χ1v) is 21.5. The van der Waals surface area contributed by atoms with Gasteiger partial charge in [-0.25, -0.2) is 8.42 Å². The summed E-state index contributed by atoms with van der Waals surface area (Å²) in [5.41, 5.74) is 6.05. The molecule has 1 aromatic heterocycles. The van der Waals surface area contributed by atoms with Gasteiger partial charge in [-0.3, -0.25) is 4.79 Å². The maximum atomic E-state index is 13.7. The van der Waals surface area contributed by atoms with E-state index in [2.05, 4.69) is 22.2 Å². The van der Waals surface area contributed by atoms with Crippen LogP contribution >= 0.6 is 11.8 Å². The number of sulfonamides is 1. The molecule has 5 aromatic carbocycles. The second-order valence-electron chi connectivity index (χ2n) is 14.2. The zero-order chi connectivity index (χ0) is 40.5. The molecular weight excluding hydrogens is 771 g/mol. The number of carbonyl (C=O) groups excluding carboxylic acids is 1. The van der Waals surface area contributed by atoms with Gasteiger partial charge in [-0.05, 0) is 59.4 Å². The monoisotopic (exact) mass is 815 g/mol. The highest BCUT2D eigenvalue weighted by atomic mass is 32.2. The van der Waals surface area contributed by atoms with E-state index in [4.69, 9.17) is 9.47 Å². The van der Waals surface area contributed by atoms with Crippen molar-refractivity contribution >= 4 is 27.7 Å². The fraction of sp³-hybridized carbons (Fsp3) is 0.217. The van der Waals surface area contributed by atoms with Crippen LogP contribution in [0.4, 0.5) is 0 Å². The molecule has 6 aromatic rings. The largest absolute Gasteiger partial charge is 0.618 e. The number of pyridine rings is 1. The number of aromatic nitrogens is 1. The second-order valence-corrected chi connectivity index (χ2v) is 17.0. The van der Waals surface area contributed by atoms with Gasteiger partial charge < -0.3 is 25.1 Å². The van der Waals surface area contributed by atoms with Gasteiger partial charge in [0.1, 0.15) is 6.04 Å². The van der Waals surface area contributed by atoms with Gasteiger partial charge in [0.2, 0.25) is 15.9 Å². The molecule has 1 aliphatic rings. The van der Waals surface area contributed by atoms with Crippen molar-refractivity contribution in [1.82, 2.24) is 10.0 Å². The Bertz CT molecular complexity index is 2370. The third kappa shape index (κ3) is 10.2. The van der Waals surface area contributed by atoms with Crippen molar-refractivity contribution in [2.24, 2.45) is 0 Å². The fourth-order valence-electron chi connectivity index (χ4n) is 6.96. The number of nitrogens with one attached hydrogen (secondary N) is 2. The van der Waals surface area contributed by atoms with E-state index in [1.807, 2.05) is 110 Å². The van der Waals surface area contributed by atoms with Gasteiger partial charge in [-0.15, -0.1) is 0 Å². The number of carbonyl (C=O) groups is 1. The Balaban J connectivity index is 1.10. The summed E-state index contributed by atoms with van der Waals surface area (Å²) in [6.45, 7) is 1.96. The number of aliphatic hydroxyl groups excluding tert-OH is 1. The molecule has 0 radical (unpaired) electrons. The van der Waals surface area contributed by atoms with Gasteiger partial charge in [0.25, 0.3) is 5.03 Å². The predicted molar refractivity (Wildman–Crippen MR) is 223 cm³/mol. The van der Waals surface area contributed by atoms with Crippen LogP contribution in [0.3, 0.4) is 0 Å². The molecule has 12 heteroatoms. The third-order valence-electron chi connectivity index (χ3n) is 10.1. The van der Waals surface area contributed by atoms with Crippen molar-refractivity contribution < 1.29 is 32.5 Å². The number of amides is 1. The van der Waals surface area contributed by atoms with Gasteiger partial charge in [-0.1, -0.05) is 139 Å². The lowest BCUT2D eigenvalue weighted by atomic mass is 9.84. The Labute approximate surface area is 343 Å². The normalized spacial score (nSPS) is 18.7. The van der Waals surface area contributed by atoms with Gasteiger partial charge >= 0.3 is 0 Å². The van der Waals surface area contributed by atoms with Gasteiger partial charge in [0, 0.05) is 35.9 Å². The first-order valence-electron chi connectivity index (χ1n) is 19.0. The molecule has 1 fully saturated rings. The number of aliphatic hydroxyl groups is 1. The number of hydrogen-bond donors (Lipinski definition) is 3. The van der Waals surface area contributed by atoms with E-state index < -0.39 is 34.4 Å². The summed E-state index contributed by atoms with van der Waals surface area (Å²) in [5, 5.41) is 25.8. The van der Waals surface area contributed by atoms with Crippen molar-refractivity contribution in [3.05, 3.63) is 202 Å². The summed E-state index contributed by atoms with van der Waals surface area (Å²) in [7, 11) is -3.99. The molecule has 1 aliphatic heterocycles. The molecule has 5 unspecified atom stereocenters. The molecule has 5 atom stereocenters. The van der Waals surface area contributed by atoms with E-state index in [1.165, 1.54) is 30.1 Å². The lowest BCUT2D eigenvalue weighted by molar-refractivity contribution is -0.645. The molecule has 1 saturated heterocycles. The van der Waals surface area contributed by atoms with Crippen LogP contribution < -0.4 is 14.8 Å². The van der Waals surface area contributed by atoms with Crippen LogP contribution in [-0.4, -0.2) is 37.3 Å². The summed E-state index contributed by atoms with van der Waals surface area (Å²) in [5.74, 6) is -0.211. The number of ether oxygens (including phenoxy) is 2. The summed E-state index contributed by atoms with van der Waals surface area (Å²) in [6.07, 6.45) is 0.0719. The quantitative estimate of drug-likeness (QED) is 0.0569. The van der Waals surface area contributed by atoms with Crippen LogP contribution in [0.25, 0.3) is 0 Å². The minimum Gasteiger partial charge on any atom is -0.618 e. The summed E-state index contributed by atoms with van der Waals surface area (Å²) in [6, 6.07) is 45.4. The van der Waals surface area contributed by atoms with Crippen LogP contribution in [0.5, 0.6) is 0 Å². The standard InChI is InChI=1S/C46H45N3O7S2/c1-32-15-25-39(26-16-32)58(53,54)48-40(28-33-10-4-2-5-11-33)45(51)47-29-34-17-23-38(24-18-34)46-55-41(31-57-42-14-8-9-27-49(42)52)43(36-12-6-3-7-13-36)44(56-46)37-21-19-35(30-50)20-22-37/h2-27,40-41,43-44,46,48,50H,28-31H2,1H3,(H,47,51). The average molecular weight is 816 g/mol. The van der Waals surface area contributed by atoms with Crippen molar-refractivity contribution in [2.45, 2.75) is 66.9 Å². The van der Waals surface area contributed by atoms with E-state index in [1.54, 1.807) is 24.3 Å². The molecule has 58 heavy (non-hydrogen) atoms. The summed E-state index contributed by atoms with van der Waals surface area (Å²) >= 11 is 1.42. The highest BCUT2D eigenvalue weighted by molar-refractivity contribution is 7.99. The molecule has 0 aliphatic carbocycles. The van der Waals surface area contributed by atoms with Gasteiger partial charge in [0.15, 0.2) is 12.5 Å². The molecule has 0 spiro atoms. The highest BCUT2D eigenvalue weighted by Crippen LogP contribution is 2.48. The van der Waals surface area contributed by atoms with Crippen LogP contribution in [-0.2, 0) is 43.9 Å². The van der Waals surface area contributed by atoms with Crippen molar-refractivity contribution in [2.75, 3.05) is 5.75 Å². The highest BCUT2D eigenvalue weighted by Gasteiger charge is 2.42. The number of nitrogens with zero attached hydrogens (tertiary/aromatic N) is 1. The van der Waals surface area contributed by atoms with E-state index in [-0.39, 0.29) is 36.5 Å². The Hall–Kier alpha value is -5.34. The molecule has 2 heterocycles. The fourth-order valence-corrected chi connectivity index (χ4v) is 9.14. The SMILES string of the molecule is Cc1ccc(S(=O)(=O)NC(Cc2ccccc2)C(=O)NCc2ccc(C3OC(CSc4cccc[n+]4[O-])C(c4ccccc4)C(c4ccc(CO)cc4)O3)cc2)cc1. The topological polar surface area (TPSA) is 141 Å². The number of thioether (sulfide) groups is 1. The molecule has 0 bridgehead atoms. The van der Waals surface area contributed by atoms with Crippen LogP contribution in [0, 0.1) is 12.1 Å². The minimum absolute atomic E-state index is 0.0747. The third-order valence-corrected chi connectivity index (χ3v) is 12.7. The molecule has 0 saturated carbocycles. The summed E-state index contributed by atoms with van der Waals surface area (Å²) < 4.78 is 43.8. The minimum atomic E-state index is -3.99. The maximum absolute atomic E-state index is 13.7. The Morgan fingerprint density at radius 3 is 2.07 bits per heavy atom. The van der Waals surface area contributed by atoms with Crippen LogP contribution in [0.15, 0.2) is 168 Å². The number of hydrogen-bond acceptors (Lipinski definition) is 8. The molecule has 7 rings (SSSR count). The maximum Gasteiger partial charge on any atom is 0.251 e. The van der Waals surface area contributed by atoms with Crippen molar-refractivity contribution in [3.63, 3.8) is 0 Å². The van der Waals surface area contributed by atoms with Crippen molar-refractivity contribution in [3.8, 4) is 0 Å². The van der Waals surface area contributed by atoms with Gasteiger partial charge in [-0.2, -0.15) is 9.45 Å². The Kier molecular flexibility index (Phi) is 13.3. The molecular formula is C46H45N3O7S2. The predicted octanol–water partition coefficient (Wildman–Crippen LogP) is 7.06.